The van der Waals surface area contributed by atoms with Crippen LogP contribution in [-0.4, -0.2) is 38.4 Å². The average molecular weight is 344 g/mol. The molecule has 1 saturated carbocycles. The van der Waals surface area contributed by atoms with E-state index < -0.39 is 6.10 Å². The Balaban J connectivity index is 1.90. The van der Waals surface area contributed by atoms with Gasteiger partial charge in [-0.05, 0) is 38.7 Å². The van der Waals surface area contributed by atoms with Crippen molar-refractivity contribution >= 4 is 16.9 Å². The van der Waals surface area contributed by atoms with Crippen molar-refractivity contribution in [2.24, 2.45) is 5.92 Å². The summed E-state index contributed by atoms with van der Waals surface area (Å²) in [5, 5.41) is 18.2. The Morgan fingerprint density at radius 2 is 2.12 bits per heavy atom. The van der Waals surface area contributed by atoms with Gasteiger partial charge in [-0.15, -0.1) is 0 Å². The molecule has 0 saturated heterocycles. The highest BCUT2D eigenvalue weighted by Gasteiger charge is 2.28. The summed E-state index contributed by atoms with van der Waals surface area (Å²) in [6, 6.07) is 2.08. The van der Waals surface area contributed by atoms with E-state index in [2.05, 4.69) is 24.3 Å². The standard InChI is InChI=1S/C19H28N4O2/c1-5-12(4)17(24)10-20-19(25)14-8-16(13-6-7-13)22-18-15(14)9-21-23(18)11(2)3/h8-9,11-13,17,24H,5-7,10H2,1-4H3,(H,20,25). The molecular formula is C19H28N4O2. The quantitative estimate of drug-likeness (QED) is 0.809. The van der Waals surface area contributed by atoms with Crippen LogP contribution in [-0.2, 0) is 0 Å². The lowest BCUT2D eigenvalue weighted by Crippen LogP contribution is -2.35. The van der Waals surface area contributed by atoms with Crippen LogP contribution in [0.3, 0.4) is 0 Å². The molecule has 6 nitrogen and oxygen atoms in total. The lowest BCUT2D eigenvalue weighted by atomic mass is 10.0. The normalized spacial score (nSPS) is 17.0. The van der Waals surface area contributed by atoms with Crippen LogP contribution >= 0.6 is 0 Å². The fourth-order valence-electron chi connectivity index (χ4n) is 2.96. The fourth-order valence-corrected chi connectivity index (χ4v) is 2.96. The summed E-state index contributed by atoms with van der Waals surface area (Å²) in [7, 11) is 0. The monoisotopic (exact) mass is 344 g/mol. The minimum Gasteiger partial charge on any atom is -0.391 e. The molecule has 2 aromatic rings. The summed E-state index contributed by atoms with van der Waals surface area (Å²) in [4.78, 5) is 17.5. The Kier molecular flexibility index (Phi) is 5.08. The average Bonchev–Trinajstić information content (AvgIpc) is 3.36. The maximum absolute atomic E-state index is 12.8. The number of nitrogens with zero attached hydrogens (tertiary/aromatic N) is 3. The molecule has 1 amide bonds. The number of nitrogens with one attached hydrogen (secondary N) is 1. The minimum absolute atomic E-state index is 0.156. The third-order valence-corrected chi connectivity index (χ3v) is 5.09. The van der Waals surface area contributed by atoms with Crippen molar-refractivity contribution in [3.63, 3.8) is 0 Å². The van der Waals surface area contributed by atoms with E-state index in [1.54, 1.807) is 6.20 Å². The smallest absolute Gasteiger partial charge is 0.252 e. The number of carbonyl (C=O) groups excluding carboxylic acids is 1. The first kappa shape index (κ1) is 17.9. The molecule has 2 atom stereocenters. The molecule has 1 fully saturated rings. The van der Waals surface area contributed by atoms with Gasteiger partial charge in [-0.25, -0.2) is 9.67 Å². The summed E-state index contributed by atoms with van der Waals surface area (Å²) in [5.41, 5.74) is 2.35. The van der Waals surface area contributed by atoms with Gasteiger partial charge >= 0.3 is 0 Å². The van der Waals surface area contributed by atoms with Crippen LogP contribution in [0, 0.1) is 5.92 Å². The highest BCUT2D eigenvalue weighted by atomic mass is 16.3. The van der Waals surface area contributed by atoms with Crippen LogP contribution in [0.25, 0.3) is 11.0 Å². The van der Waals surface area contributed by atoms with Gasteiger partial charge < -0.3 is 10.4 Å². The summed E-state index contributed by atoms with van der Waals surface area (Å²) in [6.07, 6.45) is 4.32. The molecule has 2 aromatic heterocycles. The van der Waals surface area contributed by atoms with Crippen molar-refractivity contribution in [2.75, 3.05) is 6.54 Å². The van der Waals surface area contributed by atoms with Crippen LogP contribution in [0.5, 0.6) is 0 Å². The molecule has 0 spiro atoms. The molecule has 2 heterocycles. The van der Waals surface area contributed by atoms with Gasteiger partial charge in [-0.3, -0.25) is 4.79 Å². The number of hydrogen-bond donors (Lipinski definition) is 2. The molecule has 0 bridgehead atoms. The van der Waals surface area contributed by atoms with Crippen LogP contribution in [0.4, 0.5) is 0 Å². The number of carbonyl (C=O) groups is 1. The van der Waals surface area contributed by atoms with E-state index >= 15 is 0 Å². The summed E-state index contributed by atoms with van der Waals surface area (Å²) in [5.74, 6) is 0.445. The lowest BCUT2D eigenvalue weighted by Gasteiger charge is -2.18. The second-order valence-electron chi connectivity index (χ2n) is 7.45. The Hall–Kier alpha value is -1.95. The van der Waals surface area contributed by atoms with Gasteiger partial charge in [0.25, 0.3) is 5.91 Å². The zero-order valence-corrected chi connectivity index (χ0v) is 15.5. The molecule has 0 radical (unpaired) electrons. The first-order valence-electron chi connectivity index (χ1n) is 9.26. The van der Waals surface area contributed by atoms with E-state index in [1.165, 1.54) is 0 Å². The second kappa shape index (κ2) is 7.12. The van der Waals surface area contributed by atoms with Gasteiger partial charge in [0.2, 0.25) is 0 Å². The van der Waals surface area contributed by atoms with Crippen LogP contribution in [0.15, 0.2) is 12.3 Å². The van der Waals surface area contributed by atoms with E-state index in [1.807, 2.05) is 24.6 Å². The Morgan fingerprint density at radius 3 is 2.72 bits per heavy atom. The second-order valence-corrected chi connectivity index (χ2v) is 7.45. The predicted octanol–water partition coefficient (Wildman–Crippen LogP) is 3.03. The van der Waals surface area contributed by atoms with Crippen LogP contribution in [0.1, 0.15) is 75.0 Å². The number of rotatable bonds is 7. The maximum Gasteiger partial charge on any atom is 0.252 e. The van der Waals surface area contributed by atoms with Gasteiger partial charge in [0.05, 0.1) is 23.3 Å². The zero-order valence-electron chi connectivity index (χ0n) is 15.5. The van der Waals surface area contributed by atoms with E-state index in [9.17, 15) is 9.90 Å². The highest BCUT2D eigenvalue weighted by molar-refractivity contribution is 6.05. The first-order chi connectivity index (χ1) is 11.9. The molecule has 1 aliphatic carbocycles. The number of pyridine rings is 1. The van der Waals surface area contributed by atoms with Gasteiger partial charge in [0.1, 0.15) is 0 Å². The molecule has 3 rings (SSSR count). The van der Waals surface area contributed by atoms with E-state index in [0.717, 1.165) is 36.0 Å². The number of aromatic nitrogens is 3. The molecule has 0 aliphatic heterocycles. The van der Waals surface area contributed by atoms with E-state index in [4.69, 9.17) is 4.98 Å². The zero-order chi connectivity index (χ0) is 18.1. The molecule has 2 N–H and O–H groups in total. The van der Waals surface area contributed by atoms with E-state index in [-0.39, 0.29) is 24.4 Å². The lowest BCUT2D eigenvalue weighted by molar-refractivity contribution is 0.0851. The van der Waals surface area contributed by atoms with Crippen LogP contribution < -0.4 is 5.32 Å². The van der Waals surface area contributed by atoms with Gasteiger partial charge in [0, 0.05) is 24.2 Å². The summed E-state index contributed by atoms with van der Waals surface area (Å²) in [6.45, 7) is 8.39. The molecule has 2 unspecified atom stereocenters. The van der Waals surface area contributed by atoms with Crippen LogP contribution in [0.2, 0.25) is 0 Å². The summed E-state index contributed by atoms with van der Waals surface area (Å²) < 4.78 is 1.87. The number of amides is 1. The van der Waals surface area contributed by atoms with Crippen molar-refractivity contribution in [3.8, 4) is 0 Å². The predicted molar refractivity (Wildman–Crippen MR) is 97.7 cm³/mol. The van der Waals surface area contributed by atoms with Gasteiger partial charge in [-0.2, -0.15) is 5.10 Å². The fraction of sp³-hybridized carbons (Fsp3) is 0.632. The van der Waals surface area contributed by atoms with Crippen molar-refractivity contribution in [3.05, 3.63) is 23.5 Å². The minimum atomic E-state index is -0.535. The number of hydrogen-bond acceptors (Lipinski definition) is 4. The van der Waals surface area contributed by atoms with E-state index in [0.29, 0.717) is 11.5 Å². The SMILES string of the molecule is CCC(C)C(O)CNC(=O)c1cc(C2CC2)nc2c1cnn2C(C)C. The van der Waals surface area contributed by atoms with Crippen molar-refractivity contribution < 1.29 is 9.90 Å². The maximum atomic E-state index is 12.8. The largest absolute Gasteiger partial charge is 0.391 e. The third-order valence-electron chi connectivity index (χ3n) is 5.09. The first-order valence-corrected chi connectivity index (χ1v) is 9.26. The highest BCUT2D eigenvalue weighted by Crippen LogP contribution is 2.40. The molecule has 0 aromatic carbocycles. The van der Waals surface area contributed by atoms with Gasteiger partial charge in [-0.1, -0.05) is 20.3 Å². The number of aliphatic hydroxyl groups is 1. The molecular weight excluding hydrogens is 316 g/mol. The summed E-state index contributed by atoms with van der Waals surface area (Å²) >= 11 is 0. The van der Waals surface area contributed by atoms with Crippen molar-refractivity contribution in [1.29, 1.82) is 0 Å². The Bertz CT molecular complexity index is 764. The number of fused-ring (bicyclic) bond motifs is 1. The number of aliphatic hydroxyl groups excluding tert-OH is 1. The Morgan fingerprint density at radius 1 is 1.40 bits per heavy atom. The Labute approximate surface area is 148 Å². The molecule has 25 heavy (non-hydrogen) atoms. The molecule has 6 heteroatoms. The van der Waals surface area contributed by atoms with Crippen molar-refractivity contribution in [2.45, 2.75) is 65.0 Å². The van der Waals surface area contributed by atoms with Crippen molar-refractivity contribution in [1.82, 2.24) is 20.1 Å². The molecule has 1 aliphatic rings. The molecule has 136 valence electrons. The topological polar surface area (TPSA) is 80.0 Å². The van der Waals surface area contributed by atoms with Gasteiger partial charge in [0.15, 0.2) is 5.65 Å². The third kappa shape index (κ3) is 3.68.